The van der Waals surface area contributed by atoms with Crippen molar-refractivity contribution in [2.24, 2.45) is 0 Å². The van der Waals surface area contributed by atoms with Gasteiger partial charge in [-0.15, -0.1) is 13.2 Å². The summed E-state index contributed by atoms with van der Waals surface area (Å²) in [5, 5.41) is 0. The van der Waals surface area contributed by atoms with Gasteiger partial charge in [-0.2, -0.15) is 0 Å². The van der Waals surface area contributed by atoms with Crippen LogP contribution in [0.25, 0.3) is 11.1 Å². The van der Waals surface area contributed by atoms with Gasteiger partial charge in [0, 0.05) is 5.56 Å². The molecule has 2 aromatic rings. The fourth-order valence-corrected chi connectivity index (χ4v) is 1.81. The first-order chi connectivity index (χ1) is 9.40. The number of rotatable bonds is 3. The number of halogens is 3. The highest BCUT2D eigenvalue weighted by Crippen LogP contribution is 2.34. The highest BCUT2D eigenvalue weighted by atomic mass is 19.4. The molecule has 2 aromatic carbocycles. The molecule has 3 nitrogen and oxygen atoms in total. The van der Waals surface area contributed by atoms with Gasteiger partial charge in [-0.05, 0) is 23.8 Å². The summed E-state index contributed by atoms with van der Waals surface area (Å²) in [6, 6.07) is 10.7. The van der Waals surface area contributed by atoms with Crippen molar-refractivity contribution in [3.63, 3.8) is 0 Å². The summed E-state index contributed by atoms with van der Waals surface area (Å²) in [7, 11) is 1.50. The standard InChI is InChI=1S/C14H12F3NO2/c1-19-12-4-2-3-11(13(12)18)9-5-7-10(8-6-9)20-14(15,16)17/h2-8H,18H2,1H3. The number of methoxy groups -OCH3 is 1. The predicted molar refractivity (Wildman–Crippen MR) is 69.5 cm³/mol. The van der Waals surface area contributed by atoms with Crippen molar-refractivity contribution >= 4 is 5.69 Å². The number of anilines is 1. The second-order valence-corrected chi connectivity index (χ2v) is 3.99. The van der Waals surface area contributed by atoms with Crippen molar-refractivity contribution in [2.75, 3.05) is 12.8 Å². The Bertz CT molecular complexity index is 594. The van der Waals surface area contributed by atoms with E-state index in [2.05, 4.69) is 4.74 Å². The summed E-state index contributed by atoms with van der Waals surface area (Å²) in [6.45, 7) is 0. The van der Waals surface area contributed by atoms with Crippen LogP contribution in [-0.2, 0) is 0 Å². The van der Waals surface area contributed by atoms with E-state index in [0.29, 0.717) is 22.6 Å². The average molecular weight is 283 g/mol. The van der Waals surface area contributed by atoms with Crippen LogP contribution in [0.1, 0.15) is 0 Å². The van der Waals surface area contributed by atoms with Crippen LogP contribution in [0.3, 0.4) is 0 Å². The SMILES string of the molecule is COc1cccc(-c2ccc(OC(F)(F)F)cc2)c1N. The molecule has 2 rings (SSSR count). The maximum atomic E-state index is 12.1. The van der Waals surface area contributed by atoms with E-state index in [-0.39, 0.29) is 5.75 Å². The van der Waals surface area contributed by atoms with Crippen LogP contribution in [0.4, 0.5) is 18.9 Å². The molecule has 0 aromatic heterocycles. The lowest BCUT2D eigenvalue weighted by atomic mass is 10.0. The van der Waals surface area contributed by atoms with Crippen molar-refractivity contribution in [1.29, 1.82) is 0 Å². The Balaban J connectivity index is 2.31. The molecule has 0 atom stereocenters. The molecule has 0 radical (unpaired) electrons. The molecule has 0 fully saturated rings. The van der Waals surface area contributed by atoms with Crippen LogP contribution < -0.4 is 15.2 Å². The van der Waals surface area contributed by atoms with E-state index in [1.54, 1.807) is 18.2 Å². The van der Waals surface area contributed by atoms with E-state index in [1.807, 2.05) is 0 Å². The Morgan fingerprint density at radius 1 is 1.00 bits per heavy atom. The van der Waals surface area contributed by atoms with Crippen molar-refractivity contribution in [3.8, 4) is 22.6 Å². The number of para-hydroxylation sites is 1. The zero-order chi connectivity index (χ0) is 14.8. The molecule has 0 saturated carbocycles. The van der Waals surface area contributed by atoms with E-state index < -0.39 is 6.36 Å². The Kier molecular flexibility index (Phi) is 3.74. The lowest BCUT2D eigenvalue weighted by Crippen LogP contribution is -2.16. The number of nitrogen functional groups attached to an aromatic ring is 1. The zero-order valence-electron chi connectivity index (χ0n) is 10.6. The van der Waals surface area contributed by atoms with Crippen molar-refractivity contribution < 1.29 is 22.6 Å². The summed E-state index contributed by atoms with van der Waals surface area (Å²) in [5.74, 6) is 0.237. The van der Waals surface area contributed by atoms with Gasteiger partial charge in [0.15, 0.2) is 0 Å². The minimum Gasteiger partial charge on any atom is -0.495 e. The molecule has 0 amide bonds. The molecular weight excluding hydrogens is 271 g/mol. The van der Waals surface area contributed by atoms with Gasteiger partial charge >= 0.3 is 6.36 Å². The van der Waals surface area contributed by atoms with Crippen LogP contribution in [0.15, 0.2) is 42.5 Å². The van der Waals surface area contributed by atoms with Gasteiger partial charge < -0.3 is 15.2 Å². The second-order valence-electron chi connectivity index (χ2n) is 3.99. The van der Waals surface area contributed by atoms with E-state index >= 15 is 0 Å². The van der Waals surface area contributed by atoms with Gasteiger partial charge in [0.1, 0.15) is 11.5 Å². The van der Waals surface area contributed by atoms with Gasteiger partial charge in [-0.25, -0.2) is 0 Å². The molecule has 0 unspecified atom stereocenters. The molecule has 0 aliphatic heterocycles. The molecule has 0 bridgehead atoms. The van der Waals surface area contributed by atoms with Gasteiger partial charge in [0.2, 0.25) is 0 Å². The van der Waals surface area contributed by atoms with Crippen LogP contribution >= 0.6 is 0 Å². The Morgan fingerprint density at radius 3 is 2.20 bits per heavy atom. The van der Waals surface area contributed by atoms with E-state index in [4.69, 9.17) is 10.5 Å². The van der Waals surface area contributed by atoms with Crippen molar-refractivity contribution in [3.05, 3.63) is 42.5 Å². The first kappa shape index (κ1) is 14.0. The minimum absolute atomic E-state index is 0.275. The third kappa shape index (κ3) is 3.14. The second kappa shape index (κ2) is 5.32. The van der Waals surface area contributed by atoms with Gasteiger partial charge in [-0.1, -0.05) is 24.3 Å². The van der Waals surface area contributed by atoms with Crippen LogP contribution in [0, 0.1) is 0 Å². The number of alkyl halides is 3. The smallest absolute Gasteiger partial charge is 0.495 e. The Morgan fingerprint density at radius 2 is 1.65 bits per heavy atom. The van der Waals surface area contributed by atoms with Crippen molar-refractivity contribution in [1.82, 2.24) is 0 Å². The number of hydrogen-bond donors (Lipinski definition) is 1. The normalized spacial score (nSPS) is 11.2. The molecule has 6 heteroatoms. The topological polar surface area (TPSA) is 44.5 Å². The van der Waals surface area contributed by atoms with Gasteiger partial charge in [-0.3, -0.25) is 0 Å². The minimum atomic E-state index is -4.70. The number of hydrogen-bond acceptors (Lipinski definition) is 3. The predicted octanol–water partition coefficient (Wildman–Crippen LogP) is 3.84. The third-order valence-electron chi connectivity index (χ3n) is 2.68. The van der Waals surface area contributed by atoms with E-state index in [1.165, 1.54) is 31.4 Å². The lowest BCUT2D eigenvalue weighted by Gasteiger charge is -2.12. The number of benzene rings is 2. The van der Waals surface area contributed by atoms with Crippen LogP contribution in [0.2, 0.25) is 0 Å². The molecule has 0 saturated heterocycles. The quantitative estimate of drug-likeness (QED) is 0.870. The zero-order valence-corrected chi connectivity index (χ0v) is 10.6. The first-order valence-electron chi connectivity index (χ1n) is 5.69. The highest BCUT2D eigenvalue weighted by molar-refractivity contribution is 5.80. The summed E-state index contributed by atoms with van der Waals surface area (Å²) >= 11 is 0. The molecule has 106 valence electrons. The maximum absolute atomic E-state index is 12.1. The highest BCUT2D eigenvalue weighted by Gasteiger charge is 2.30. The summed E-state index contributed by atoms with van der Waals surface area (Å²) in [5.41, 5.74) is 7.72. The van der Waals surface area contributed by atoms with Crippen LogP contribution in [0.5, 0.6) is 11.5 Å². The molecule has 0 spiro atoms. The number of ether oxygens (including phenoxy) is 2. The average Bonchev–Trinajstić information content (AvgIpc) is 2.38. The fourth-order valence-electron chi connectivity index (χ4n) is 1.81. The Hall–Kier alpha value is -2.37. The fraction of sp³-hybridized carbons (Fsp3) is 0.143. The molecule has 0 aliphatic carbocycles. The molecule has 2 N–H and O–H groups in total. The summed E-state index contributed by atoms with van der Waals surface area (Å²) in [4.78, 5) is 0. The molecule has 0 heterocycles. The van der Waals surface area contributed by atoms with Gasteiger partial charge in [0.25, 0.3) is 0 Å². The monoisotopic (exact) mass is 283 g/mol. The molecule has 20 heavy (non-hydrogen) atoms. The molecular formula is C14H12F3NO2. The van der Waals surface area contributed by atoms with Crippen molar-refractivity contribution in [2.45, 2.75) is 6.36 Å². The Labute approximate surface area is 113 Å². The molecule has 0 aliphatic rings. The van der Waals surface area contributed by atoms with Crippen LogP contribution in [-0.4, -0.2) is 13.5 Å². The summed E-state index contributed by atoms with van der Waals surface area (Å²) < 4.78 is 45.1. The third-order valence-corrected chi connectivity index (χ3v) is 2.68. The maximum Gasteiger partial charge on any atom is 0.573 e. The number of nitrogens with two attached hydrogens (primary N) is 1. The van der Waals surface area contributed by atoms with E-state index in [0.717, 1.165) is 0 Å². The lowest BCUT2D eigenvalue weighted by molar-refractivity contribution is -0.274. The van der Waals surface area contributed by atoms with E-state index in [9.17, 15) is 13.2 Å². The first-order valence-corrected chi connectivity index (χ1v) is 5.69. The largest absolute Gasteiger partial charge is 0.573 e. The van der Waals surface area contributed by atoms with Gasteiger partial charge in [0.05, 0.1) is 12.8 Å². The summed E-state index contributed by atoms with van der Waals surface area (Å²) in [6.07, 6.45) is -4.70.